The fraction of sp³-hybridized carbons (Fsp3) is 0.125. The second kappa shape index (κ2) is 3.14. The van der Waals surface area contributed by atoms with Gasteiger partial charge in [0.25, 0.3) is 0 Å². The van der Waals surface area contributed by atoms with Crippen molar-refractivity contribution in [1.29, 1.82) is 0 Å². The van der Waals surface area contributed by atoms with Gasteiger partial charge in [-0.1, -0.05) is 0 Å². The molecule has 0 spiro atoms. The third-order valence-corrected chi connectivity index (χ3v) is 2.00. The number of nitrogens with zero attached hydrogens (tertiary/aromatic N) is 4. The predicted molar refractivity (Wildman–Crippen MR) is 48.9 cm³/mol. The van der Waals surface area contributed by atoms with Crippen molar-refractivity contribution in [2.24, 2.45) is 0 Å². The molecule has 2 aromatic rings. The van der Waals surface area contributed by atoms with Gasteiger partial charge in [0.15, 0.2) is 0 Å². The van der Waals surface area contributed by atoms with Crippen molar-refractivity contribution in [3.05, 3.63) is 35.6 Å². The maximum atomic E-state index is 5.81. The summed E-state index contributed by atoms with van der Waals surface area (Å²) in [6.45, 7) is 1.91. The summed E-state index contributed by atoms with van der Waals surface area (Å²) in [4.78, 5) is 4.14. The summed E-state index contributed by atoms with van der Waals surface area (Å²) in [6.07, 6.45) is 3.30. The van der Waals surface area contributed by atoms with Gasteiger partial charge >= 0.3 is 0 Å². The van der Waals surface area contributed by atoms with Gasteiger partial charge in [-0.3, -0.25) is 9.55 Å². The van der Waals surface area contributed by atoms with E-state index in [0.717, 1.165) is 11.4 Å². The molecule has 0 aliphatic heterocycles. The zero-order valence-corrected chi connectivity index (χ0v) is 7.73. The Morgan fingerprint density at radius 2 is 2.31 bits per heavy atom. The Morgan fingerprint density at radius 1 is 1.46 bits per heavy atom. The summed E-state index contributed by atoms with van der Waals surface area (Å²) in [7, 11) is 0. The largest absolute Gasteiger partial charge is 0.271 e. The number of halogens is 1. The standard InChI is InChI=1S/C8H7ClN4/c1-6-7(3-2-4-10-6)13-5-11-12-8(13)9/h2-5H,1H3. The van der Waals surface area contributed by atoms with Crippen LogP contribution < -0.4 is 0 Å². The monoisotopic (exact) mass is 194 g/mol. The van der Waals surface area contributed by atoms with Gasteiger partial charge in [-0.15, -0.1) is 10.2 Å². The predicted octanol–water partition coefficient (Wildman–Crippen LogP) is 1.62. The van der Waals surface area contributed by atoms with Crippen molar-refractivity contribution in [3.8, 4) is 5.69 Å². The van der Waals surface area contributed by atoms with Crippen molar-refractivity contribution in [1.82, 2.24) is 19.7 Å². The molecule has 0 unspecified atom stereocenters. The number of pyridine rings is 1. The quantitative estimate of drug-likeness (QED) is 0.693. The molecule has 0 atom stereocenters. The number of hydrogen-bond donors (Lipinski definition) is 0. The van der Waals surface area contributed by atoms with Crippen LogP contribution in [0.2, 0.25) is 5.28 Å². The normalized spacial score (nSPS) is 10.3. The van der Waals surface area contributed by atoms with E-state index in [0.29, 0.717) is 5.28 Å². The topological polar surface area (TPSA) is 43.6 Å². The van der Waals surface area contributed by atoms with Crippen LogP contribution in [0.15, 0.2) is 24.7 Å². The lowest BCUT2D eigenvalue weighted by molar-refractivity contribution is 1.01. The molecule has 0 fully saturated rings. The summed E-state index contributed by atoms with van der Waals surface area (Å²) in [5, 5.41) is 7.72. The van der Waals surface area contributed by atoms with Crippen molar-refractivity contribution in [2.75, 3.05) is 0 Å². The lowest BCUT2D eigenvalue weighted by Gasteiger charge is -2.04. The molecule has 4 nitrogen and oxygen atoms in total. The van der Waals surface area contributed by atoms with E-state index in [1.165, 1.54) is 0 Å². The zero-order chi connectivity index (χ0) is 9.26. The molecule has 66 valence electrons. The van der Waals surface area contributed by atoms with Crippen LogP contribution in [-0.4, -0.2) is 19.7 Å². The van der Waals surface area contributed by atoms with Crippen LogP contribution in [0.3, 0.4) is 0 Å². The highest BCUT2D eigenvalue weighted by Gasteiger charge is 2.05. The molecular weight excluding hydrogens is 188 g/mol. The Balaban J connectivity index is 2.59. The van der Waals surface area contributed by atoms with Gasteiger partial charge in [0, 0.05) is 6.20 Å². The van der Waals surface area contributed by atoms with E-state index in [2.05, 4.69) is 15.2 Å². The lowest BCUT2D eigenvalue weighted by Crippen LogP contribution is -1.96. The van der Waals surface area contributed by atoms with Crippen molar-refractivity contribution in [3.63, 3.8) is 0 Å². The van der Waals surface area contributed by atoms with E-state index >= 15 is 0 Å². The smallest absolute Gasteiger partial charge is 0.229 e. The lowest BCUT2D eigenvalue weighted by atomic mass is 10.3. The molecule has 2 rings (SSSR count). The van der Waals surface area contributed by atoms with Gasteiger partial charge in [0.2, 0.25) is 5.28 Å². The summed E-state index contributed by atoms with van der Waals surface area (Å²) in [6, 6.07) is 3.76. The second-order valence-corrected chi connectivity index (χ2v) is 2.92. The SMILES string of the molecule is Cc1ncccc1-n1cnnc1Cl. The van der Waals surface area contributed by atoms with Crippen molar-refractivity contribution < 1.29 is 0 Å². The van der Waals surface area contributed by atoms with E-state index in [1.54, 1.807) is 17.1 Å². The van der Waals surface area contributed by atoms with Gasteiger partial charge in [-0.05, 0) is 30.7 Å². The molecule has 0 aromatic carbocycles. The highest BCUT2D eigenvalue weighted by molar-refractivity contribution is 6.28. The molecular formula is C8H7ClN4. The Morgan fingerprint density at radius 3 is 2.92 bits per heavy atom. The second-order valence-electron chi connectivity index (χ2n) is 2.58. The molecule has 2 aromatic heterocycles. The maximum Gasteiger partial charge on any atom is 0.229 e. The highest BCUT2D eigenvalue weighted by atomic mass is 35.5. The molecule has 0 amide bonds. The first-order valence-corrected chi connectivity index (χ1v) is 4.14. The third kappa shape index (κ3) is 1.40. The van der Waals surface area contributed by atoms with Crippen LogP contribution in [0.4, 0.5) is 0 Å². The van der Waals surface area contributed by atoms with Gasteiger partial charge in [-0.25, -0.2) is 0 Å². The highest BCUT2D eigenvalue weighted by Crippen LogP contribution is 2.14. The first-order valence-electron chi connectivity index (χ1n) is 3.76. The number of aromatic nitrogens is 4. The van der Waals surface area contributed by atoms with E-state index in [9.17, 15) is 0 Å². The number of aryl methyl sites for hydroxylation is 1. The average molecular weight is 195 g/mol. The van der Waals surface area contributed by atoms with Crippen molar-refractivity contribution >= 4 is 11.6 Å². The summed E-state index contributed by atoms with van der Waals surface area (Å²) in [5.41, 5.74) is 1.79. The molecule has 0 bridgehead atoms. The fourth-order valence-electron chi connectivity index (χ4n) is 1.11. The van der Waals surface area contributed by atoms with Gasteiger partial charge in [0.1, 0.15) is 6.33 Å². The molecule has 0 aliphatic rings. The Kier molecular flexibility index (Phi) is 1.98. The van der Waals surface area contributed by atoms with Crippen LogP contribution in [0.25, 0.3) is 5.69 Å². The first kappa shape index (κ1) is 8.19. The van der Waals surface area contributed by atoms with Crippen LogP contribution in [0.5, 0.6) is 0 Å². The zero-order valence-electron chi connectivity index (χ0n) is 6.98. The minimum Gasteiger partial charge on any atom is -0.271 e. The molecule has 5 heteroatoms. The van der Waals surface area contributed by atoms with Crippen LogP contribution >= 0.6 is 11.6 Å². The van der Waals surface area contributed by atoms with Crippen molar-refractivity contribution in [2.45, 2.75) is 6.92 Å². The first-order chi connectivity index (χ1) is 6.29. The van der Waals surface area contributed by atoms with E-state index in [4.69, 9.17) is 11.6 Å². The van der Waals surface area contributed by atoms with Gasteiger partial charge in [-0.2, -0.15) is 0 Å². The van der Waals surface area contributed by atoms with Crippen LogP contribution in [0, 0.1) is 6.92 Å². The number of hydrogen-bond acceptors (Lipinski definition) is 3. The van der Waals surface area contributed by atoms with E-state index in [-0.39, 0.29) is 0 Å². The van der Waals surface area contributed by atoms with E-state index < -0.39 is 0 Å². The summed E-state index contributed by atoms with van der Waals surface area (Å²) >= 11 is 5.81. The third-order valence-electron chi connectivity index (χ3n) is 1.74. The Labute approximate surface area is 80.2 Å². The molecule has 0 saturated heterocycles. The fourth-order valence-corrected chi connectivity index (χ4v) is 1.29. The molecule has 0 N–H and O–H groups in total. The van der Waals surface area contributed by atoms with Crippen LogP contribution in [-0.2, 0) is 0 Å². The van der Waals surface area contributed by atoms with Gasteiger partial charge < -0.3 is 0 Å². The summed E-state index contributed by atoms with van der Waals surface area (Å²) < 4.78 is 1.68. The van der Waals surface area contributed by atoms with Crippen LogP contribution in [0.1, 0.15) is 5.69 Å². The van der Waals surface area contributed by atoms with E-state index in [1.807, 2.05) is 19.1 Å². The minimum atomic E-state index is 0.344. The maximum absolute atomic E-state index is 5.81. The Hall–Kier alpha value is -1.42. The Bertz CT molecular complexity index is 424. The molecule has 0 saturated carbocycles. The molecule has 0 radical (unpaired) electrons. The minimum absolute atomic E-state index is 0.344. The number of rotatable bonds is 1. The van der Waals surface area contributed by atoms with Gasteiger partial charge in [0.05, 0.1) is 11.4 Å². The molecule has 13 heavy (non-hydrogen) atoms. The summed E-state index contributed by atoms with van der Waals surface area (Å²) in [5.74, 6) is 0. The molecule has 0 aliphatic carbocycles. The molecule has 2 heterocycles. The average Bonchev–Trinajstić information content (AvgIpc) is 2.52.